The first-order chi connectivity index (χ1) is 14.1. The van der Waals surface area contributed by atoms with Crippen LogP contribution >= 0.6 is 0 Å². The summed E-state index contributed by atoms with van der Waals surface area (Å²) < 4.78 is 0. The Bertz CT molecular complexity index is 767. The fraction of sp³-hybridized carbons (Fsp3) is 0.421. The smallest absolute Gasteiger partial charge is 0.322 e. The second-order valence-corrected chi connectivity index (χ2v) is 6.64. The van der Waals surface area contributed by atoms with Crippen molar-refractivity contribution in [2.24, 2.45) is 5.73 Å². The molecule has 0 fully saturated rings. The standard InChI is InChI=1S/C19H26N4O7/c1-11(20)17(28)23-14(9-12-5-3-2-4-6-12)19(30)22-13(7-8-15(24)25)18(29)21-10-16(26)27/h2-6,11,13-14H,7-10,20H2,1H3,(H,21,29)(H,22,30)(H,23,28)(H,24,25)(H,26,27). The first-order valence-electron chi connectivity index (χ1n) is 9.21. The maximum absolute atomic E-state index is 12.8. The normalized spacial score (nSPS) is 13.4. The summed E-state index contributed by atoms with van der Waals surface area (Å²) in [7, 11) is 0. The molecule has 3 unspecified atom stereocenters. The molecule has 1 aromatic carbocycles. The lowest BCUT2D eigenvalue weighted by molar-refractivity contribution is -0.140. The lowest BCUT2D eigenvalue weighted by Crippen LogP contribution is -2.56. The van der Waals surface area contributed by atoms with Gasteiger partial charge in [-0.1, -0.05) is 30.3 Å². The third-order valence-corrected chi connectivity index (χ3v) is 4.02. The quantitative estimate of drug-likeness (QED) is 0.237. The van der Waals surface area contributed by atoms with Gasteiger partial charge in [0.1, 0.15) is 18.6 Å². The van der Waals surface area contributed by atoms with Crippen molar-refractivity contribution >= 4 is 29.7 Å². The number of hydrogen-bond acceptors (Lipinski definition) is 6. The van der Waals surface area contributed by atoms with E-state index in [9.17, 15) is 24.0 Å². The minimum absolute atomic E-state index is 0.105. The van der Waals surface area contributed by atoms with Crippen LogP contribution in [-0.4, -0.2) is 64.5 Å². The van der Waals surface area contributed by atoms with Gasteiger partial charge in [-0.2, -0.15) is 0 Å². The zero-order chi connectivity index (χ0) is 22.7. The molecule has 30 heavy (non-hydrogen) atoms. The number of amides is 3. The van der Waals surface area contributed by atoms with Gasteiger partial charge >= 0.3 is 11.9 Å². The summed E-state index contributed by atoms with van der Waals surface area (Å²) in [6.07, 6.45) is -0.583. The predicted molar refractivity (Wildman–Crippen MR) is 105 cm³/mol. The number of benzene rings is 1. The molecule has 0 saturated carbocycles. The van der Waals surface area contributed by atoms with Gasteiger partial charge in [0, 0.05) is 12.8 Å². The number of nitrogens with two attached hydrogens (primary N) is 1. The van der Waals surface area contributed by atoms with Crippen molar-refractivity contribution in [3.8, 4) is 0 Å². The largest absolute Gasteiger partial charge is 0.481 e. The van der Waals surface area contributed by atoms with Crippen molar-refractivity contribution in [2.75, 3.05) is 6.54 Å². The molecule has 3 amide bonds. The third-order valence-electron chi connectivity index (χ3n) is 4.02. The molecule has 164 valence electrons. The van der Waals surface area contributed by atoms with Gasteiger partial charge in [-0.15, -0.1) is 0 Å². The highest BCUT2D eigenvalue weighted by Crippen LogP contribution is 2.06. The lowest BCUT2D eigenvalue weighted by atomic mass is 10.0. The summed E-state index contributed by atoms with van der Waals surface area (Å²) in [4.78, 5) is 58.6. The zero-order valence-corrected chi connectivity index (χ0v) is 16.5. The highest BCUT2D eigenvalue weighted by molar-refractivity contribution is 5.93. The topological polar surface area (TPSA) is 188 Å². The molecule has 0 bridgehead atoms. The molecule has 0 aliphatic rings. The molecule has 0 saturated heterocycles. The number of rotatable bonds is 12. The van der Waals surface area contributed by atoms with Crippen LogP contribution < -0.4 is 21.7 Å². The molecule has 1 rings (SSSR count). The van der Waals surface area contributed by atoms with Crippen LogP contribution in [0, 0.1) is 0 Å². The number of carbonyl (C=O) groups is 5. The second-order valence-electron chi connectivity index (χ2n) is 6.64. The number of nitrogens with one attached hydrogen (secondary N) is 3. The van der Waals surface area contributed by atoms with Crippen LogP contribution in [-0.2, 0) is 30.4 Å². The van der Waals surface area contributed by atoms with Gasteiger partial charge in [0.05, 0.1) is 6.04 Å². The molecule has 1 aromatic rings. The van der Waals surface area contributed by atoms with Crippen molar-refractivity contribution in [3.05, 3.63) is 35.9 Å². The van der Waals surface area contributed by atoms with Crippen LogP contribution in [0.3, 0.4) is 0 Å². The van der Waals surface area contributed by atoms with Crippen LogP contribution in [0.15, 0.2) is 30.3 Å². The Balaban J connectivity index is 2.97. The van der Waals surface area contributed by atoms with Crippen LogP contribution in [0.25, 0.3) is 0 Å². The highest BCUT2D eigenvalue weighted by Gasteiger charge is 2.28. The van der Waals surface area contributed by atoms with Crippen molar-refractivity contribution < 1.29 is 34.2 Å². The van der Waals surface area contributed by atoms with Crippen molar-refractivity contribution in [1.82, 2.24) is 16.0 Å². The Labute approximate surface area is 173 Å². The zero-order valence-electron chi connectivity index (χ0n) is 16.5. The summed E-state index contributed by atoms with van der Waals surface area (Å²) in [5.41, 5.74) is 6.28. The first-order valence-corrected chi connectivity index (χ1v) is 9.21. The number of hydrogen-bond donors (Lipinski definition) is 6. The fourth-order valence-electron chi connectivity index (χ4n) is 2.46. The Morgan fingerprint density at radius 2 is 1.50 bits per heavy atom. The van der Waals surface area contributed by atoms with E-state index < -0.39 is 60.8 Å². The van der Waals surface area contributed by atoms with E-state index in [0.29, 0.717) is 0 Å². The molecular formula is C19H26N4O7. The number of carboxylic acid groups (broad SMARTS) is 2. The van der Waals surface area contributed by atoms with Crippen molar-refractivity contribution in [1.29, 1.82) is 0 Å². The summed E-state index contributed by atoms with van der Waals surface area (Å²) in [6, 6.07) is 5.55. The molecule has 0 spiro atoms. The number of aliphatic carboxylic acids is 2. The fourth-order valence-corrected chi connectivity index (χ4v) is 2.46. The minimum atomic E-state index is -1.29. The summed E-state index contributed by atoms with van der Waals surface area (Å²) >= 11 is 0. The monoisotopic (exact) mass is 422 g/mol. The van der Waals surface area contributed by atoms with E-state index in [4.69, 9.17) is 15.9 Å². The van der Waals surface area contributed by atoms with E-state index in [1.165, 1.54) is 6.92 Å². The van der Waals surface area contributed by atoms with Gasteiger partial charge < -0.3 is 31.9 Å². The van der Waals surface area contributed by atoms with E-state index in [1.807, 2.05) is 0 Å². The van der Waals surface area contributed by atoms with Gasteiger partial charge in [0.2, 0.25) is 17.7 Å². The number of carbonyl (C=O) groups excluding carboxylic acids is 3. The molecule has 0 heterocycles. The lowest BCUT2D eigenvalue weighted by Gasteiger charge is -2.23. The van der Waals surface area contributed by atoms with E-state index in [2.05, 4.69) is 16.0 Å². The van der Waals surface area contributed by atoms with Crippen LogP contribution in [0.1, 0.15) is 25.3 Å². The van der Waals surface area contributed by atoms with Gasteiger partial charge in [-0.3, -0.25) is 24.0 Å². The predicted octanol–water partition coefficient (Wildman–Crippen LogP) is -1.39. The highest BCUT2D eigenvalue weighted by atomic mass is 16.4. The Morgan fingerprint density at radius 3 is 2.03 bits per heavy atom. The van der Waals surface area contributed by atoms with Gasteiger partial charge in [-0.25, -0.2) is 0 Å². The van der Waals surface area contributed by atoms with Gasteiger partial charge in [0.15, 0.2) is 0 Å². The molecule has 0 aliphatic heterocycles. The SMILES string of the molecule is CC(N)C(=O)NC(Cc1ccccc1)C(=O)NC(CCC(=O)O)C(=O)NCC(=O)O. The van der Waals surface area contributed by atoms with Crippen LogP contribution in [0.4, 0.5) is 0 Å². The summed E-state index contributed by atoms with van der Waals surface area (Å²) in [6.45, 7) is 0.759. The average molecular weight is 422 g/mol. The van der Waals surface area contributed by atoms with Crippen molar-refractivity contribution in [3.63, 3.8) is 0 Å². The maximum atomic E-state index is 12.8. The second kappa shape index (κ2) is 12.2. The molecule has 11 heteroatoms. The molecule has 11 nitrogen and oxygen atoms in total. The molecule has 7 N–H and O–H groups in total. The van der Waals surface area contributed by atoms with E-state index in [-0.39, 0.29) is 12.8 Å². The average Bonchev–Trinajstić information content (AvgIpc) is 2.68. The van der Waals surface area contributed by atoms with E-state index in [0.717, 1.165) is 5.56 Å². The molecule has 0 aromatic heterocycles. The molecule has 0 radical (unpaired) electrons. The van der Waals surface area contributed by atoms with E-state index >= 15 is 0 Å². The van der Waals surface area contributed by atoms with Crippen LogP contribution in [0.2, 0.25) is 0 Å². The Kier molecular flexibility index (Phi) is 9.97. The summed E-state index contributed by atoms with van der Waals surface area (Å²) in [5.74, 6) is -4.63. The van der Waals surface area contributed by atoms with E-state index in [1.54, 1.807) is 30.3 Å². The Hall–Kier alpha value is -3.47. The van der Waals surface area contributed by atoms with Crippen molar-refractivity contribution in [2.45, 2.75) is 44.3 Å². The maximum Gasteiger partial charge on any atom is 0.322 e. The van der Waals surface area contributed by atoms with Gasteiger partial charge in [0.25, 0.3) is 0 Å². The molecule has 3 atom stereocenters. The van der Waals surface area contributed by atoms with Crippen LogP contribution in [0.5, 0.6) is 0 Å². The Morgan fingerprint density at radius 1 is 0.900 bits per heavy atom. The minimum Gasteiger partial charge on any atom is -0.481 e. The summed E-state index contributed by atoms with van der Waals surface area (Å²) in [5, 5.41) is 24.6. The first kappa shape index (κ1) is 24.6. The van der Waals surface area contributed by atoms with Gasteiger partial charge in [-0.05, 0) is 18.9 Å². The molecular weight excluding hydrogens is 396 g/mol. The molecule has 0 aliphatic carbocycles. The third kappa shape index (κ3) is 9.15. The number of carboxylic acids is 2.